The smallest absolute Gasteiger partial charge is 0.282 e. The molecule has 0 heterocycles. The number of nitrogens with zero attached hydrogens (tertiary/aromatic N) is 5. The van der Waals surface area contributed by atoms with Gasteiger partial charge in [-0.15, -0.1) is 0 Å². The summed E-state index contributed by atoms with van der Waals surface area (Å²) < 4.78 is 16.0. The minimum absolute atomic E-state index is 0.614. The van der Waals surface area contributed by atoms with Gasteiger partial charge in [0, 0.05) is 36.0 Å². The van der Waals surface area contributed by atoms with Crippen LogP contribution in [0.1, 0.15) is 27.7 Å². The molecule has 0 spiro atoms. The third-order valence-electron chi connectivity index (χ3n) is 2.35. The Labute approximate surface area is 91.4 Å². The molecular formula is C8H20N5OP. The predicted molar refractivity (Wildman–Crippen MR) is 62.6 cm³/mol. The first-order valence-electron chi connectivity index (χ1n) is 5.28. The first-order valence-corrected chi connectivity index (χ1v) is 6.84. The molecule has 0 rings (SSSR count). The zero-order valence-corrected chi connectivity index (χ0v) is 10.8. The Balaban J connectivity index is 5.19. The highest BCUT2D eigenvalue weighted by molar-refractivity contribution is 7.57. The molecule has 0 aliphatic rings. The van der Waals surface area contributed by atoms with Crippen LogP contribution in [0, 0.1) is 0 Å². The summed E-state index contributed by atoms with van der Waals surface area (Å²) in [5.74, 6) is 0. The van der Waals surface area contributed by atoms with Crippen molar-refractivity contribution >= 4 is 7.59 Å². The highest BCUT2D eigenvalue weighted by Gasteiger charge is 2.32. The van der Waals surface area contributed by atoms with Crippen LogP contribution in [0.15, 0.2) is 4.88 Å². The lowest BCUT2D eigenvalue weighted by Crippen LogP contribution is -2.30. The molecule has 88 valence electrons. The summed E-state index contributed by atoms with van der Waals surface area (Å²) in [6.07, 6.45) is 0. The molecule has 0 fully saturated rings. The topological polar surface area (TPSA) is 72.3 Å². The number of hydrogen-bond acceptors (Lipinski definition) is 1. The van der Waals surface area contributed by atoms with Crippen LogP contribution in [-0.2, 0) is 4.57 Å². The molecule has 0 radical (unpaired) electrons. The van der Waals surface area contributed by atoms with Crippen LogP contribution in [0.5, 0.6) is 0 Å². The van der Waals surface area contributed by atoms with Crippen LogP contribution < -0.4 is 0 Å². The van der Waals surface area contributed by atoms with Gasteiger partial charge in [0.2, 0.25) is 0 Å². The Bertz CT molecular complexity index is 252. The van der Waals surface area contributed by atoms with Gasteiger partial charge in [-0.3, -0.25) is 4.57 Å². The van der Waals surface area contributed by atoms with E-state index < -0.39 is 7.59 Å². The van der Waals surface area contributed by atoms with Crippen molar-refractivity contribution < 1.29 is 4.57 Å². The molecule has 0 saturated carbocycles. The maximum atomic E-state index is 12.6. The molecule has 0 aromatic rings. The normalized spacial score (nSPS) is 11.9. The Hall–Kier alpha value is -0.540. The van der Waals surface area contributed by atoms with Gasteiger partial charge in [-0.1, -0.05) is 27.7 Å². The molecule has 0 aromatic carbocycles. The Morgan fingerprint density at radius 3 is 1.60 bits per heavy atom. The maximum Gasteiger partial charge on any atom is 0.303 e. The van der Waals surface area contributed by atoms with Crippen molar-refractivity contribution in [1.82, 2.24) is 9.34 Å². The molecule has 0 atom stereocenters. The van der Waals surface area contributed by atoms with Crippen LogP contribution in [-0.4, -0.2) is 35.5 Å². The van der Waals surface area contributed by atoms with Crippen LogP contribution in [0.2, 0.25) is 0 Å². The Kier molecular flexibility index (Phi) is 6.61. The molecule has 6 nitrogen and oxygen atoms in total. The van der Waals surface area contributed by atoms with E-state index in [0.29, 0.717) is 26.2 Å². The van der Waals surface area contributed by atoms with E-state index in [1.807, 2.05) is 27.7 Å². The molecule has 0 aromatic heterocycles. The zero-order chi connectivity index (χ0) is 11.9. The summed E-state index contributed by atoms with van der Waals surface area (Å²) in [5.41, 5.74) is 8.51. The average Bonchev–Trinajstić information content (AvgIpc) is 2.21. The molecule has 0 amide bonds. The van der Waals surface area contributed by atoms with Crippen LogP contribution in [0.25, 0.3) is 10.4 Å². The van der Waals surface area contributed by atoms with Crippen molar-refractivity contribution in [3.05, 3.63) is 10.4 Å². The monoisotopic (exact) mass is 233 g/mol. The summed E-state index contributed by atoms with van der Waals surface area (Å²) >= 11 is 0. The first-order chi connectivity index (χ1) is 7.10. The fraction of sp³-hybridized carbons (Fsp3) is 1.00. The molecule has 0 saturated heterocycles. The standard InChI is InChI=1S/C8H20N5OP/c1-5-12(6-2)15(14,11-10-9)13(7-3)8-4/h5-8H2,1-4H3. The average molecular weight is 233 g/mol. The molecule has 0 unspecified atom stereocenters. The van der Waals surface area contributed by atoms with Crippen LogP contribution in [0.4, 0.5) is 0 Å². The largest absolute Gasteiger partial charge is 0.303 e. The van der Waals surface area contributed by atoms with Gasteiger partial charge >= 0.3 is 7.59 Å². The van der Waals surface area contributed by atoms with E-state index in [-0.39, 0.29) is 0 Å². The van der Waals surface area contributed by atoms with Crippen molar-refractivity contribution in [3.63, 3.8) is 0 Å². The van der Waals surface area contributed by atoms with Crippen molar-refractivity contribution in [2.45, 2.75) is 27.7 Å². The second-order valence-electron chi connectivity index (χ2n) is 2.97. The summed E-state index contributed by atoms with van der Waals surface area (Å²) in [6.45, 7) is 10.1. The van der Waals surface area contributed by atoms with Crippen molar-refractivity contribution in [2.24, 2.45) is 4.88 Å². The minimum Gasteiger partial charge on any atom is -0.282 e. The van der Waals surface area contributed by atoms with Crippen molar-refractivity contribution in [1.29, 1.82) is 0 Å². The van der Waals surface area contributed by atoms with E-state index in [2.05, 4.69) is 9.80 Å². The molecule has 7 heteroatoms. The number of hydrogen-bond donors (Lipinski definition) is 0. The van der Waals surface area contributed by atoms with Crippen LogP contribution in [0.3, 0.4) is 0 Å². The van der Waals surface area contributed by atoms with Gasteiger partial charge in [-0.25, -0.2) is 9.34 Å². The van der Waals surface area contributed by atoms with E-state index in [4.69, 9.17) is 5.53 Å². The third-order valence-corrected chi connectivity index (χ3v) is 5.27. The molecule has 0 aliphatic carbocycles. The van der Waals surface area contributed by atoms with Gasteiger partial charge in [-0.2, -0.15) is 0 Å². The Morgan fingerprint density at radius 2 is 1.40 bits per heavy atom. The summed E-state index contributed by atoms with van der Waals surface area (Å²) in [6, 6.07) is 0. The predicted octanol–water partition coefficient (Wildman–Crippen LogP) is 3.09. The molecule has 15 heavy (non-hydrogen) atoms. The second kappa shape index (κ2) is 6.85. The van der Waals surface area contributed by atoms with E-state index in [9.17, 15) is 4.57 Å². The van der Waals surface area contributed by atoms with Crippen LogP contribution >= 0.6 is 7.59 Å². The van der Waals surface area contributed by atoms with Crippen molar-refractivity contribution in [2.75, 3.05) is 26.2 Å². The number of azide groups is 1. The maximum absolute atomic E-state index is 12.6. The van der Waals surface area contributed by atoms with Gasteiger partial charge < -0.3 is 0 Å². The lowest BCUT2D eigenvalue weighted by Gasteiger charge is -2.33. The molecule has 0 bridgehead atoms. The highest BCUT2D eigenvalue weighted by atomic mass is 31.2. The lowest BCUT2D eigenvalue weighted by molar-refractivity contribution is 0.360. The molecule has 0 N–H and O–H groups in total. The number of rotatable bonds is 7. The molecule has 0 aliphatic heterocycles. The quantitative estimate of drug-likeness (QED) is 0.293. The fourth-order valence-corrected chi connectivity index (χ4v) is 3.69. The van der Waals surface area contributed by atoms with Gasteiger partial charge in [0.1, 0.15) is 0 Å². The van der Waals surface area contributed by atoms with E-state index in [0.717, 1.165) is 0 Å². The lowest BCUT2D eigenvalue weighted by atomic mass is 10.7. The van der Waals surface area contributed by atoms with E-state index in [1.165, 1.54) is 0 Å². The SMILES string of the molecule is CCN(CC)P(=O)(N=[N+]=[N-])N(CC)CC. The van der Waals surface area contributed by atoms with Crippen molar-refractivity contribution in [3.8, 4) is 0 Å². The summed E-state index contributed by atoms with van der Waals surface area (Å²) in [5, 5.41) is 0. The second-order valence-corrected chi connectivity index (χ2v) is 5.31. The summed E-state index contributed by atoms with van der Waals surface area (Å²) in [4.78, 5) is 6.25. The minimum atomic E-state index is -3.06. The fourth-order valence-electron chi connectivity index (χ4n) is 1.53. The van der Waals surface area contributed by atoms with Gasteiger partial charge in [-0.05, 0) is 5.53 Å². The highest BCUT2D eigenvalue weighted by Crippen LogP contribution is 2.54. The van der Waals surface area contributed by atoms with Gasteiger partial charge in [0.05, 0.1) is 0 Å². The third kappa shape index (κ3) is 3.21. The Morgan fingerprint density at radius 1 is 1.07 bits per heavy atom. The molecular weight excluding hydrogens is 213 g/mol. The summed E-state index contributed by atoms with van der Waals surface area (Å²) in [7, 11) is -3.06. The zero-order valence-electron chi connectivity index (χ0n) is 9.92. The van der Waals surface area contributed by atoms with E-state index >= 15 is 0 Å². The van der Waals surface area contributed by atoms with Gasteiger partial charge in [0.15, 0.2) is 0 Å². The first kappa shape index (κ1) is 14.5. The van der Waals surface area contributed by atoms with E-state index in [1.54, 1.807) is 9.34 Å². The van der Waals surface area contributed by atoms with Gasteiger partial charge in [0.25, 0.3) is 0 Å².